The highest BCUT2D eigenvalue weighted by molar-refractivity contribution is 5.93. The number of rotatable bonds is 5. The van der Waals surface area contributed by atoms with Gasteiger partial charge in [0, 0.05) is 31.4 Å². The number of primary amides is 1. The highest BCUT2D eigenvalue weighted by Crippen LogP contribution is 2.33. The van der Waals surface area contributed by atoms with Gasteiger partial charge < -0.3 is 15.6 Å². The summed E-state index contributed by atoms with van der Waals surface area (Å²) >= 11 is 0. The lowest BCUT2D eigenvalue weighted by Gasteiger charge is -2.07. The summed E-state index contributed by atoms with van der Waals surface area (Å²) in [4.78, 5) is 27.1. The quantitative estimate of drug-likeness (QED) is 0.887. The van der Waals surface area contributed by atoms with Crippen LogP contribution in [-0.4, -0.2) is 21.4 Å². The van der Waals surface area contributed by atoms with Crippen molar-refractivity contribution in [2.75, 3.05) is 5.32 Å². The Morgan fingerprint density at radius 1 is 1.39 bits per heavy atom. The zero-order chi connectivity index (χ0) is 16.6. The summed E-state index contributed by atoms with van der Waals surface area (Å²) in [6.07, 6.45) is 6.07. The van der Waals surface area contributed by atoms with Crippen LogP contribution in [0, 0.1) is 12.8 Å². The van der Waals surface area contributed by atoms with Gasteiger partial charge in [-0.25, -0.2) is 4.98 Å². The van der Waals surface area contributed by atoms with Crippen LogP contribution in [-0.2, 0) is 11.3 Å². The number of carbonyl (C=O) groups excluding carboxylic acids is 2. The van der Waals surface area contributed by atoms with E-state index in [0.717, 1.165) is 23.2 Å². The first-order chi connectivity index (χ1) is 10.9. The molecule has 1 fully saturated rings. The Bertz CT molecular complexity index is 775. The lowest BCUT2D eigenvalue weighted by molar-refractivity contribution is -0.114. The molecule has 2 amide bonds. The molecule has 1 aliphatic rings. The molecule has 0 saturated heterocycles. The normalized spacial score (nSPS) is 13.8. The van der Waals surface area contributed by atoms with Gasteiger partial charge in [0.05, 0.1) is 0 Å². The number of nitrogens with one attached hydrogen (secondary N) is 1. The third-order valence-corrected chi connectivity index (χ3v) is 4.02. The molecule has 0 unspecified atom stereocenters. The summed E-state index contributed by atoms with van der Waals surface area (Å²) in [5, 5.41) is 2.68. The van der Waals surface area contributed by atoms with Crippen LogP contribution >= 0.6 is 0 Å². The van der Waals surface area contributed by atoms with Crippen molar-refractivity contribution >= 4 is 17.6 Å². The van der Waals surface area contributed by atoms with Crippen molar-refractivity contribution in [1.82, 2.24) is 9.55 Å². The van der Waals surface area contributed by atoms with Crippen LogP contribution in [0.4, 0.5) is 5.82 Å². The van der Waals surface area contributed by atoms with Crippen LogP contribution in [0.15, 0.2) is 24.5 Å². The maximum absolute atomic E-state index is 11.7. The number of carbonyl (C=O) groups is 2. The lowest BCUT2D eigenvalue weighted by Crippen LogP contribution is -2.17. The molecule has 0 aromatic carbocycles. The maximum Gasteiger partial charge on any atom is 0.265 e. The lowest BCUT2D eigenvalue weighted by atomic mass is 10.1. The van der Waals surface area contributed by atoms with Crippen LogP contribution in [0.25, 0.3) is 11.1 Å². The van der Waals surface area contributed by atoms with Gasteiger partial charge >= 0.3 is 0 Å². The molecule has 3 rings (SSSR count). The third-order valence-electron chi connectivity index (χ3n) is 4.02. The Balaban J connectivity index is 2.00. The SMILES string of the molecule is CC(=O)Nc1cc(-c2cc(C(N)=O)n(CC3CC3)c2)c(C)cn1. The number of anilines is 1. The molecule has 0 atom stereocenters. The fourth-order valence-electron chi connectivity index (χ4n) is 2.68. The zero-order valence-corrected chi connectivity index (χ0v) is 13.3. The fourth-order valence-corrected chi connectivity index (χ4v) is 2.68. The van der Waals surface area contributed by atoms with Crippen LogP contribution < -0.4 is 11.1 Å². The maximum atomic E-state index is 11.7. The van der Waals surface area contributed by atoms with Crippen LogP contribution in [0.5, 0.6) is 0 Å². The Morgan fingerprint density at radius 3 is 2.74 bits per heavy atom. The number of amides is 2. The summed E-state index contributed by atoms with van der Waals surface area (Å²) in [7, 11) is 0. The van der Waals surface area contributed by atoms with E-state index in [4.69, 9.17) is 5.73 Å². The second kappa shape index (κ2) is 5.87. The molecule has 23 heavy (non-hydrogen) atoms. The fraction of sp³-hybridized carbons (Fsp3) is 0.353. The number of nitrogens with two attached hydrogens (primary N) is 1. The molecule has 120 valence electrons. The number of nitrogens with zero attached hydrogens (tertiary/aromatic N) is 2. The van der Waals surface area contributed by atoms with E-state index >= 15 is 0 Å². The van der Waals surface area contributed by atoms with Crippen LogP contribution in [0.2, 0.25) is 0 Å². The van der Waals surface area contributed by atoms with E-state index in [9.17, 15) is 9.59 Å². The molecule has 0 spiro atoms. The first-order valence-corrected chi connectivity index (χ1v) is 7.68. The van der Waals surface area contributed by atoms with Crippen molar-refractivity contribution in [3.63, 3.8) is 0 Å². The molecule has 3 N–H and O–H groups in total. The van der Waals surface area contributed by atoms with Gasteiger partial charge in [0.25, 0.3) is 5.91 Å². The molecular formula is C17H20N4O2. The highest BCUT2D eigenvalue weighted by Gasteiger charge is 2.24. The average Bonchev–Trinajstić information content (AvgIpc) is 3.18. The summed E-state index contributed by atoms with van der Waals surface area (Å²) in [5.41, 5.74) is 8.84. The Hall–Kier alpha value is -2.63. The molecule has 2 aromatic heterocycles. The number of aryl methyl sites for hydroxylation is 1. The van der Waals surface area contributed by atoms with Crippen molar-refractivity contribution in [1.29, 1.82) is 0 Å². The minimum absolute atomic E-state index is 0.170. The van der Waals surface area contributed by atoms with Gasteiger partial charge in [-0.2, -0.15) is 0 Å². The van der Waals surface area contributed by atoms with Gasteiger partial charge in [-0.15, -0.1) is 0 Å². The number of hydrogen-bond acceptors (Lipinski definition) is 3. The Labute approximate surface area is 134 Å². The molecule has 0 aliphatic heterocycles. The van der Waals surface area contributed by atoms with Gasteiger partial charge in [-0.1, -0.05) is 0 Å². The summed E-state index contributed by atoms with van der Waals surface area (Å²) in [5.74, 6) is 0.539. The minimum atomic E-state index is -0.425. The Morgan fingerprint density at radius 2 is 2.13 bits per heavy atom. The van der Waals surface area contributed by atoms with Crippen LogP contribution in [0.1, 0.15) is 35.8 Å². The van der Waals surface area contributed by atoms with Gasteiger partial charge in [-0.05, 0) is 48.9 Å². The van der Waals surface area contributed by atoms with E-state index in [1.807, 2.05) is 29.8 Å². The molecule has 0 radical (unpaired) electrons. The second-order valence-electron chi connectivity index (χ2n) is 6.14. The van der Waals surface area contributed by atoms with E-state index in [-0.39, 0.29) is 5.91 Å². The Kier molecular flexibility index (Phi) is 3.90. The van der Waals surface area contributed by atoms with Crippen molar-refractivity contribution in [3.05, 3.63) is 35.8 Å². The van der Waals surface area contributed by atoms with Gasteiger partial charge in [-0.3, -0.25) is 9.59 Å². The molecule has 6 nitrogen and oxygen atoms in total. The summed E-state index contributed by atoms with van der Waals surface area (Å²) in [6, 6.07) is 3.63. The topological polar surface area (TPSA) is 90.0 Å². The zero-order valence-electron chi connectivity index (χ0n) is 13.3. The number of pyridine rings is 1. The van der Waals surface area contributed by atoms with E-state index < -0.39 is 5.91 Å². The molecule has 1 saturated carbocycles. The summed E-state index contributed by atoms with van der Waals surface area (Å²) in [6.45, 7) is 4.21. The molecule has 0 bridgehead atoms. The third kappa shape index (κ3) is 3.41. The highest BCUT2D eigenvalue weighted by atomic mass is 16.1. The standard InChI is InChI=1S/C17H20N4O2/c1-10-7-19-16(20-11(2)22)6-14(10)13-5-15(17(18)23)21(9-13)8-12-3-4-12/h5-7,9,12H,3-4,8H2,1-2H3,(H2,18,23)(H,19,20,22). The average molecular weight is 312 g/mol. The van der Waals surface area contributed by atoms with E-state index in [1.165, 1.54) is 19.8 Å². The second-order valence-corrected chi connectivity index (χ2v) is 6.14. The van der Waals surface area contributed by atoms with Gasteiger partial charge in [0.2, 0.25) is 5.91 Å². The largest absolute Gasteiger partial charge is 0.364 e. The van der Waals surface area contributed by atoms with Gasteiger partial charge in [0.15, 0.2) is 0 Å². The smallest absolute Gasteiger partial charge is 0.265 e. The van der Waals surface area contributed by atoms with Crippen molar-refractivity contribution < 1.29 is 9.59 Å². The first-order valence-electron chi connectivity index (χ1n) is 7.68. The number of hydrogen-bond donors (Lipinski definition) is 2. The van der Waals surface area contributed by atoms with Crippen molar-refractivity contribution in [2.45, 2.75) is 33.2 Å². The molecule has 1 aliphatic carbocycles. The first kappa shape index (κ1) is 15.3. The van der Waals surface area contributed by atoms with E-state index in [0.29, 0.717) is 17.4 Å². The monoisotopic (exact) mass is 312 g/mol. The predicted octanol–water partition coefficient (Wildman–Crippen LogP) is 2.33. The van der Waals surface area contributed by atoms with Crippen molar-refractivity contribution in [3.8, 4) is 11.1 Å². The molecular weight excluding hydrogens is 292 g/mol. The molecule has 2 aromatic rings. The predicted molar refractivity (Wildman–Crippen MR) is 87.9 cm³/mol. The van der Waals surface area contributed by atoms with E-state index in [2.05, 4.69) is 10.3 Å². The molecule has 6 heteroatoms. The number of aromatic nitrogens is 2. The minimum Gasteiger partial charge on any atom is -0.364 e. The van der Waals surface area contributed by atoms with E-state index in [1.54, 1.807) is 6.20 Å². The van der Waals surface area contributed by atoms with Crippen molar-refractivity contribution in [2.24, 2.45) is 11.7 Å². The van der Waals surface area contributed by atoms with Crippen LogP contribution in [0.3, 0.4) is 0 Å². The van der Waals surface area contributed by atoms with Gasteiger partial charge in [0.1, 0.15) is 11.5 Å². The molecule has 2 heterocycles. The summed E-state index contributed by atoms with van der Waals surface area (Å²) < 4.78 is 1.94.